The molecular formula is C17H30IN3O2. The Bertz CT molecular complexity index is 442. The highest BCUT2D eigenvalue weighted by Crippen LogP contribution is 2.04. The molecule has 0 aliphatic rings. The van der Waals surface area contributed by atoms with Crippen LogP contribution in [-0.2, 0) is 16.0 Å². The van der Waals surface area contributed by atoms with Gasteiger partial charge in [-0.25, -0.2) is 4.99 Å². The second-order valence-corrected chi connectivity index (χ2v) is 5.07. The van der Waals surface area contributed by atoms with E-state index < -0.39 is 0 Å². The van der Waals surface area contributed by atoms with Crippen molar-refractivity contribution in [3.05, 3.63) is 35.4 Å². The Labute approximate surface area is 157 Å². The predicted octanol–water partition coefficient (Wildman–Crippen LogP) is 2.72. The molecule has 132 valence electrons. The number of benzene rings is 1. The standard InChI is InChI=1S/C17H29N3O2.HI/c1-4-18-17(19-9-6-10-22-12-11-21-3)20-14-16-8-5-7-15(2)13-16;/h5,7-8,13H,4,6,9-12,14H2,1-3H3,(H2,18,19,20);1H. The van der Waals surface area contributed by atoms with Crippen LogP contribution in [0.1, 0.15) is 24.5 Å². The van der Waals surface area contributed by atoms with Crippen molar-refractivity contribution >= 4 is 29.9 Å². The molecule has 2 N–H and O–H groups in total. The molecular weight excluding hydrogens is 405 g/mol. The Morgan fingerprint density at radius 2 is 2.00 bits per heavy atom. The smallest absolute Gasteiger partial charge is 0.191 e. The van der Waals surface area contributed by atoms with Crippen LogP contribution >= 0.6 is 24.0 Å². The van der Waals surface area contributed by atoms with E-state index in [1.54, 1.807) is 7.11 Å². The molecule has 0 aliphatic heterocycles. The molecule has 0 aliphatic carbocycles. The topological polar surface area (TPSA) is 54.9 Å². The first-order valence-electron chi connectivity index (χ1n) is 7.90. The third-order valence-corrected chi connectivity index (χ3v) is 3.04. The number of aliphatic imine (C=N–C) groups is 1. The maximum absolute atomic E-state index is 5.43. The second kappa shape index (κ2) is 14.7. The number of halogens is 1. The minimum absolute atomic E-state index is 0. The average molecular weight is 435 g/mol. The molecule has 0 bridgehead atoms. The summed E-state index contributed by atoms with van der Waals surface area (Å²) < 4.78 is 10.4. The number of nitrogens with zero attached hydrogens (tertiary/aromatic N) is 1. The number of ether oxygens (including phenoxy) is 2. The molecule has 1 aromatic rings. The van der Waals surface area contributed by atoms with Crippen LogP contribution in [0.2, 0.25) is 0 Å². The van der Waals surface area contributed by atoms with Crippen molar-refractivity contribution in [1.82, 2.24) is 10.6 Å². The van der Waals surface area contributed by atoms with E-state index in [1.807, 2.05) is 0 Å². The lowest BCUT2D eigenvalue weighted by Gasteiger charge is -2.11. The van der Waals surface area contributed by atoms with Gasteiger partial charge >= 0.3 is 0 Å². The van der Waals surface area contributed by atoms with Gasteiger partial charge in [-0.15, -0.1) is 24.0 Å². The summed E-state index contributed by atoms with van der Waals surface area (Å²) in [5.41, 5.74) is 2.49. The largest absolute Gasteiger partial charge is 0.382 e. The molecule has 0 atom stereocenters. The van der Waals surface area contributed by atoms with Crippen LogP contribution in [0, 0.1) is 6.92 Å². The third kappa shape index (κ3) is 11.3. The van der Waals surface area contributed by atoms with Crippen LogP contribution in [0.3, 0.4) is 0 Å². The molecule has 6 heteroatoms. The lowest BCUT2D eigenvalue weighted by molar-refractivity contribution is 0.0698. The summed E-state index contributed by atoms with van der Waals surface area (Å²) in [6.45, 7) is 8.57. The number of rotatable bonds is 10. The minimum atomic E-state index is 0. The zero-order valence-electron chi connectivity index (χ0n) is 14.4. The van der Waals surface area contributed by atoms with Gasteiger partial charge in [0.1, 0.15) is 0 Å². The number of nitrogens with one attached hydrogen (secondary N) is 2. The fourth-order valence-corrected chi connectivity index (χ4v) is 1.95. The lowest BCUT2D eigenvalue weighted by Crippen LogP contribution is -2.38. The molecule has 0 heterocycles. The van der Waals surface area contributed by atoms with Crippen molar-refractivity contribution < 1.29 is 9.47 Å². The average Bonchev–Trinajstić information content (AvgIpc) is 2.51. The lowest BCUT2D eigenvalue weighted by atomic mass is 10.1. The van der Waals surface area contributed by atoms with E-state index in [1.165, 1.54) is 11.1 Å². The first kappa shape index (κ1) is 22.1. The maximum atomic E-state index is 5.43. The summed E-state index contributed by atoms with van der Waals surface area (Å²) in [7, 11) is 1.68. The van der Waals surface area contributed by atoms with Crippen molar-refractivity contribution in [2.75, 3.05) is 40.0 Å². The van der Waals surface area contributed by atoms with Gasteiger partial charge in [-0.05, 0) is 25.8 Å². The van der Waals surface area contributed by atoms with Crippen LogP contribution in [0.4, 0.5) is 0 Å². The van der Waals surface area contributed by atoms with Gasteiger partial charge < -0.3 is 20.1 Å². The third-order valence-electron chi connectivity index (χ3n) is 3.04. The highest BCUT2D eigenvalue weighted by Gasteiger charge is 1.98. The van der Waals surface area contributed by atoms with Crippen molar-refractivity contribution in [3.63, 3.8) is 0 Å². The molecule has 0 fully saturated rings. The molecule has 0 radical (unpaired) electrons. The highest BCUT2D eigenvalue weighted by molar-refractivity contribution is 14.0. The first-order chi connectivity index (χ1) is 10.8. The SMILES string of the molecule is CCNC(=NCc1cccc(C)c1)NCCCOCCOC.I. The van der Waals surface area contributed by atoms with Crippen LogP contribution < -0.4 is 10.6 Å². The Kier molecular flexibility index (Phi) is 14.2. The molecule has 0 unspecified atom stereocenters. The Morgan fingerprint density at radius 3 is 2.70 bits per heavy atom. The van der Waals surface area contributed by atoms with Gasteiger partial charge in [-0.2, -0.15) is 0 Å². The number of guanidine groups is 1. The molecule has 0 saturated heterocycles. The van der Waals surface area contributed by atoms with Crippen LogP contribution in [-0.4, -0.2) is 46.0 Å². The summed E-state index contributed by atoms with van der Waals surface area (Å²) in [6, 6.07) is 8.43. The Hall–Kier alpha value is -0.860. The molecule has 23 heavy (non-hydrogen) atoms. The van der Waals surface area contributed by atoms with Gasteiger partial charge in [0.2, 0.25) is 0 Å². The summed E-state index contributed by atoms with van der Waals surface area (Å²) in [5, 5.41) is 6.58. The van der Waals surface area contributed by atoms with Gasteiger partial charge in [0, 0.05) is 26.8 Å². The number of aryl methyl sites for hydroxylation is 1. The van der Waals surface area contributed by atoms with Crippen LogP contribution in [0.25, 0.3) is 0 Å². The zero-order chi connectivity index (χ0) is 16.0. The molecule has 1 aromatic carbocycles. The van der Waals surface area contributed by atoms with E-state index in [0.717, 1.165) is 32.1 Å². The van der Waals surface area contributed by atoms with E-state index in [2.05, 4.69) is 53.7 Å². The van der Waals surface area contributed by atoms with Crippen molar-refractivity contribution in [1.29, 1.82) is 0 Å². The number of hydrogen-bond acceptors (Lipinski definition) is 3. The van der Waals surface area contributed by atoms with Crippen LogP contribution in [0.5, 0.6) is 0 Å². The van der Waals surface area contributed by atoms with Crippen molar-refractivity contribution in [3.8, 4) is 0 Å². The Morgan fingerprint density at radius 1 is 1.17 bits per heavy atom. The zero-order valence-corrected chi connectivity index (χ0v) is 16.8. The summed E-state index contributed by atoms with van der Waals surface area (Å²) in [5.74, 6) is 0.848. The van der Waals surface area contributed by atoms with E-state index in [0.29, 0.717) is 19.8 Å². The molecule has 0 spiro atoms. The highest BCUT2D eigenvalue weighted by atomic mass is 127. The second-order valence-electron chi connectivity index (χ2n) is 5.07. The van der Waals surface area contributed by atoms with E-state index >= 15 is 0 Å². The van der Waals surface area contributed by atoms with E-state index in [9.17, 15) is 0 Å². The van der Waals surface area contributed by atoms with Crippen LogP contribution in [0.15, 0.2) is 29.3 Å². The van der Waals surface area contributed by atoms with Gasteiger partial charge in [0.25, 0.3) is 0 Å². The molecule has 0 aromatic heterocycles. The maximum Gasteiger partial charge on any atom is 0.191 e. The monoisotopic (exact) mass is 435 g/mol. The van der Waals surface area contributed by atoms with Crippen molar-refractivity contribution in [2.45, 2.75) is 26.8 Å². The fraction of sp³-hybridized carbons (Fsp3) is 0.588. The molecule has 1 rings (SSSR count). The van der Waals surface area contributed by atoms with Gasteiger partial charge in [0.15, 0.2) is 5.96 Å². The van der Waals surface area contributed by atoms with E-state index in [-0.39, 0.29) is 24.0 Å². The Balaban J connectivity index is 0.00000484. The molecule has 5 nitrogen and oxygen atoms in total. The van der Waals surface area contributed by atoms with Crippen molar-refractivity contribution in [2.24, 2.45) is 4.99 Å². The first-order valence-corrected chi connectivity index (χ1v) is 7.90. The molecule has 0 amide bonds. The quantitative estimate of drug-likeness (QED) is 0.257. The van der Waals surface area contributed by atoms with Gasteiger partial charge in [-0.1, -0.05) is 29.8 Å². The number of methoxy groups -OCH3 is 1. The summed E-state index contributed by atoms with van der Waals surface area (Å²) in [6.07, 6.45) is 0.943. The van der Waals surface area contributed by atoms with Gasteiger partial charge in [-0.3, -0.25) is 0 Å². The number of hydrogen-bond donors (Lipinski definition) is 2. The minimum Gasteiger partial charge on any atom is -0.382 e. The predicted molar refractivity (Wildman–Crippen MR) is 107 cm³/mol. The van der Waals surface area contributed by atoms with E-state index in [4.69, 9.17) is 9.47 Å². The normalized spacial score (nSPS) is 11.0. The summed E-state index contributed by atoms with van der Waals surface area (Å²) in [4.78, 5) is 4.61. The summed E-state index contributed by atoms with van der Waals surface area (Å²) >= 11 is 0. The fourth-order valence-electron chi connectivity index (χ4n) is 1.95. The van der Waals surface area contributed by atoms with Gasteiger partial charge in [0.05, 0.1) is 19.8 Å². The molecule has 0 saturated carbocycles.